The summed E-state index contributed by atoms with van der Waals surface area (Å²) < 4.78 is 34.7. The molecule has 0 radical (unpaired) electrons. The van der Waals surface area contributed by atoms with E-state index in [0.29, 0.717) is 12.8 Å². The Morgan fingerprint density at radius 3 is 2.79 bits per heavy atom. The zero-order chi connectivity index (χ0) is 24.3. The van der Waals surface area contributed by atoms with Crippen molar-refractivity contribution < 1.29 is 28.2 Å². The van der Waals surface area contributed by atoms with Crippen LogP contribution in [0.5, 0.6) is 5.75 Å². The molecule has 2 N–H and O–H groups in total. The van der Waals surface area contributed by atoms with Crippen LogP contribution < -0.4 is 10.1 Å². The van der Waals surface area contributed by atoms with Crippen molar-refractivity contribution in [2.75, 3.05) is 32.1 Å². The first-order valence-electron chi connectivity index (χ1n) is 11.5. The van der Waals surface area contributed by atoms with Gasteiger partial charge in [0.2, 0.25) is 5.91 Å². The standard InChI is InChI=1S/C25H29F2N3O4/c1-34-21-10-8-17(12-20(21)26)19(13-23(32)33)25(27)14-30(15-25)22(31)6-2-5-18-9-7-16-4-3-11-28-24(16)29-18/h7-10,12,19H,2-6,11,13-15H2,1H3,(H,28,29)(H,32,33)/t19-/m0/s1. The van der Waals surface area contributed by atoms with E-state index in [1.54, 1.807) is 0 Å². The van der Waals surface area contributed by atoms with Crippen LogP contribution in [0, 0.1) is 5.82 Å². The number of aromatic nitrogens is 1. The molecule has 1 aromatic heterocycles. The van der Waals surface area contributed by atoms with E-state index in [1.165, 1.54) is 29.7 Å². The molecule has 1 amide bonds. The summed E-state index contributed by atoms with van der Waals surface area (Å²) >= 11 is 0. The van der Waals surface area contributed by atoms with Gasteiger partial charge >= 0.3 is 5.97 Å². The smallest absolute Gasteiger partial charge is 0.304 e. The summed E-state index contributed by atoms with van der Waals surface area (Å²) in [6.45, 7) is 0.491. The maximum atomic E-state index is 15.7. The molecule has 2 aromatic rings. The number of aryl methyl sites for hydroxylation is 2. The third-order valence-corrected chi connectivity index (χ3v) is 6.62. The number of alkyl halides is 1. The van der Waals surface area contributed by atoms with Gasteiger partial charge in [-0.1, -0.05) is 12.1 Å². The van der Waals surface area contributed by atoms with Crippen LogP contribution in [0.4, 0.5) is 14.6 Å². The Balaban J connectivity index is 1.33. The monoisotopic (exact) mass is 473 g/mol. The topological polar surface area (TPSA) is 91.8 Å². The number of rotatable bonds is 9. The predicted octanol–water partition coefficient (Wildman–Crippen LogP) is 3.72. The molecule has 3 heterocycles. The molecule has 9 heteroatoms. The third kappa shape index (κ3) is 5.13. The number of pyridine rings is 1. The number of likely N-dealkylation sites (tertiary alicyclic amines) is 1. The number of carbonyl (C=O) groups is 2. The van der Waals surface area contributed by atoms with E-state index in [2.05, 4.69) is 16.4 Å². The summed E-state index contributed by atoms with van der Waals surface area (Å²) in [6.07, 6.45) is 3.09. The second kappa shape index (κ2) is 9.95. The number of anilines is 1. The van der Waals surface area contributed by atoms with Crippen molar-refractivity contribution in [3.63, 3.8) is 0 Å². The van der Waals surface area contributed by atoms with Gasteiger partial charge in [-0.2, -0.15) is 0 Å². The van der Waals surface area contributed by atoms with Crippen molar-refractivity contribution in [3.05, 3.63) is 53.0 Å². The molecule has 0 spiro atoms. The molecule has 0 aliphatic carbocycles. The molecule has 4 rings (SSSR count). The van der Waals surface area contributed by atoms with Crippen LogP contribution in [-0.4, -0.2) is 59.3 Å². The molecule has 34 heavy (non-hydrogen) atoms. The van der Waals surface area contributed by atoms with Crippen LogP contribution in [0.3, 0.4) is 0 Å². The van der Waals surface area contributed by atoms with Gasteiger partial charge in [-0.3, -0.25) is 9.59 Å². The summed E-state index contributed by atoms with van der Waals surface area (Å²) in [6, 6.07) is 8.00. The first kappa shape index (κ1) is 23.9. The lowest BCUT2D eigenvalue weighted by Gasteiger charge is -2.48. The average Bonchev–Trinajstić information content (AvgIpc) is 2.80. The largest absolute Gasteiger partial charge is 0.494 e. The fourth-order valence-corrected chi connectivity index (χ4v) is 4.75. The summed E-state index contributed by atoms with van der Waals surface area (Å²) in [5.41, 5.74) is 0.425. The zero-order valence-corrected chi connectivity index (χ0v) is 19.2. The molecule has 1 aromatic carbocycles. The highest BCUT2D eigenvalue weighted by Crippen LogP contribution is 2.42. The number of halogens is 2. The molecule has 0 bridgehead atoms. The number of carboxylic acids is 1. The molecule has 1 saturated heterocycles. The highest BCUT2D eigenvalue weighted by molar-refractivity contribution is 5.78. The Kier molecular flexibility index (Phi) is 7.00. The SMILES string of the molecule is COc1ccc([C@H](CC(=O)O)C2(F)CN(C(=O)CCCc3ccc4c(n3)NCCC4)C2)cc1F. The number of fused-ring (bicyclic) bond motifs is 1. The Morgan fingerprint density at radius 1 is 1.29 bits per heavy atom. The van der Waals surface area contributed by atoms with Crippen LogP contribution in [0.15, 0.2) is 30.3 Å². The van der Waals surface area contributed by atoms with Gasteiger partial charge in [0.05, 0.1) is 26.6 Å². The predicted molar refractivity (Wildman–Crippen MR) is 122 cm³/mol. The lowest BCUT2D eigenvalue weighted by molar-refractivity contribution is -0.150. The quantitative estimate of drug-likeness (QED) is 0.577. The molecule has 182 valence electrons. The number of nitrogens with one attached hydrogen (secondary N) is 1. The Hall–Kier alpha value is -3.23. The number of carbonyl (C=O) groups excluding carboxylic acids is 1. The fourth-order valence-electron chi connectivity index (χ4n) is 4.75. The summed E-state index contributed by atoms with van der Waals surface area (Å²) in [5, 5.41) is 12.6. The van der Waals surface area contributed by atoms with Crippen molar-refractivity contribution in [1.29, 1.82) is 0 Å². The molecular weight excluding hydrogens is 444 g/mol. The van der Waals surface area contributed by atoms with E-state index in [0.717, 1.165) is 37.0 Å². The lowest BCUT2D eigenvalue weighted by Crippen LogP contribution is -2.63. The first-order valence-corrected chi connectivity index (χ1v) is 11.5. The van der Waals surface area contributed by atoms with Gasteiger partial charge in [0.25, 0.3) is 0 Å². The van der Waals surface area contributed by atoms with Gasteiger partial charge in [-0.05, 0) is 55.0 Å². The molecular formula is C25H29F2N3O4. The first-order chi connectivity index (χ1) is 16.3. The van der Waals surface area contributed by atoms with Gasteiger partial charge in [-0.15, -0.1) is 0 Å². The van der Waals surface area contributed by atoms with Crippen molar-refractivity contribution in [1.82, 2.24) is 9.88 Å². The zero-order valence-electron chi connectivity index (χ0n) is 19.2. The molecule has 7 nitrogen and oxygen atoms in total. The van der Waals surface area contributed by atoms with Gasteiger partial charge in [0.15, 0.2) is 17.2 Å². The van der Waals surface area contributed by atoms with Crippen molar-refractivity contribution in [2.45, 2.75) is 50.1 Å². The minimum atomic E-state index is -1.93. The second-order valence-corrected chi connectivity index (χ2v) is 9.02. The molecule has 1 atom stereocenters. The minimum absolute atomic E-state index is 0.000319. The van der Waals surface area contributed by atoms with Gasteiger partial charge in [0, 0.05) is 24.6 Å². The number of nitrogens with zero attached hydrogens (tertiary/aromatic N) is 2. The Bertz CT molecular complexity index is 1070. The summed E-state index contributed by atoms with van der Waals surface area (Å²) in [5.74, 6) is -2.20. The van der Waals surface area contributed by atoms with Crippen LogP contribution >= 0.6 is 0 Å². The number of methoxy groups -OCH3 is 1. The van der Waals surface area contributed by atoms with E-state index >= 15 is 4.39 Å². The maximum Gasteiger partial charge on any atom is 0.304 e. The van der Waals surface area contributed by atoms with E-state index in [-0.39, 0.29) is 36.7 Å². The fraction of sp³-hybridized carbons (Fsp3) is 0.480. The minimum Gasteiger partial charge on any atom is -0.494 e. The normalized spacial score (nSPS) is 17.2. The van der Waals surface area contributed by atoms with Gasteiger partial charge in [0.1, 0.15) is 5.82 Å². The Labute approximate surface area is 197 Å². The van der Waals surface area contributed by atoms with E-state index < -0.39 is 29.8 Å². The van der Waals surface area contributed by atoms with Crippen LogP contribution in [-0.2, 0) is 22.4 Å². The van der Waals surface area contributed by atoms with Gasteiger partial charge < -0.3 is 20.1 Å². The van der Waals surface area contributed by atoms with E-state index in [1.807, 2.05) is 6.07 Å². The molecule has 2 aliphatic rings. The summed E-state index contributed by atoms with van der Waals surface area (Å²) in [4.78, 5) is 30.0. The molecule has 0 saturated carbocycles. The number of hydrogen-bond donors (Lipinski definition) is 2. The average molecular weight is 474 g/mol. The van der Waals surface area contributed by atoms with Crippen LogP contribution in [0.2, 0.25) is 0 Å². The van der Waals surface area contributed by atoms with E-state index in [9.17, 15) is 19.1 Å². The van der Waals surface area contributed by atoms with E-state index in [4.69, 9.17) is 4.74 Å². The molecule has 2 aliphatic heterocycles. The third-order valence-electron chi connectivity index (χ3n) is 6.62. The number of benzene rings is 1. The van der Waals surface area contributed by atoms with Crippen molar-refractivity contribution in [2.24, 2.45) is 0 Å². The highest BCUT2D eigenvalue weighted by Gasteiger charge is 2.52. The van der Waals surface area contributed by atoms with Crippen LogP contribution in [0.1, 0.15) is 48.4 Å². The number of amides is 1. The number of ether oxygens (including phenoxy) is 1. The maximum absolute atomic E-state index is 15.7. The lowest BCUT2D eigenvalue weighted by atomic mass is 9.76. The Morgan fingerprint density at radius 2 is 2.09 bits per heavy atom. The molecule has 0 unspecified atom stereocenters. The van der Waals surface area contributed by atoms with Crippen molar-refractivity contribution >= 4 is 17.7 Å². The summed E-state index contributed by atoms with van der Waals surface area (Å²) in [7, 11) is 1.32. The second-order valence-electron chi connectivity index (χ2n) is 9.02. The van der Waals surface area contributed by atoms with Gasteiger partial charge in [-0.25, -0.2) is 13.8 Å². The number of hydrogen-bond acceptors (Lipinski definition) is 5. The highest BCUT2D eigenvalue weighted by atomic mass is 19.1. The van der Waals surface area contributed by atoms with Crippen molar-refractivity contribution in [3.8, 4) is 5.75 Å². The number of aliphatic carboxylic acids is 1. The molecule has 1 fully saturated rings. The number of carboxylic acid groups (broad SMARTS) is 1. The van der Waals surface area contributed by atoms with Crippen LogP contribution in [0.25, 0.3) is 0 Å².